The van der Waals surface area contributed by atoms with Crippen LogP contribution in [0.2, 0.25) is 0 Å². The van der Waals surface area contributed by atoms with Gasteiger partial charge in [0.05, 0.1) is 30.4 Å². The molecule has 0 saturated carbocycles. The summed E-state index contributed by atoms with van der Waals surface area (Å²) in [4.78, 5) is 29.8. The van der Waals surface area contributed by atoms with Crippen molar-refractivity contribution in [1.82, 2.24) is 20.9 Å². The van der Waals surface area contributed by atoms with Crippen molar-refractivity contribution < 1.29 is 24.2 Å². The number of hydrogen-bond donors (Lipinski definition) is 4. The van der Waals surface area contributed by atoms with Crippen molar-refractivity contribution in [2.24, 2.45) is 0 Å². The van der Waals surface area contributed by atoms with Crippen LogP contribution in [0, 0.1) is 0 Å². The number of aromatic nitrogens is 1. The molecule has 0 aliphatic carbocycles. The van der Waals surface area contributed by atoms with E-state index in [1.807, 2.05) is 24.3 Å². The van der Waals surface area contributed by atoms with Crippen molar-refractivity contribution >= 4 is 11.8 Å². The van der Waals surface area contributed by atoms with Gasteiger partial charge in [0.25, 0.3) is 5.91 Å². The quantitative estimate of drug-likeness (QED) is 0.495. The van der Waals surface area contributed by atoms with Crippen molar-refractivity contribution in [2.75, 3.05) is 19.7 Å². The highest BCUT2D eigenvalue weighted by Gasteiger charge is 2.34. The fourth-order valence-electron chi connectivity index (χ4n) is 4.83. The van der Waals surface area contributed by atoms with Gasteiger partial charge in [-0.15, -0.1) is 0 Å². The first-order valence-electron chi connectivity index (χ1n) is 11.9. The van der Waals surface area contributed by atoms with Gasteiger partial charge in [-0.2, -0.15) is 0 Å². The zero-order valence-corrected chi connectivity index (χ0v) is 18.9. The van der Waals surface area contributed by atoms with Gasteiger partial charge in [-0.3, -0.25) is 14.6 Å². The number of aliphatic hydroxyl groups excluding tert-OH is 1. The summed E-state index contributed by atoms with van der Waals surface area (Å²) in [6, 6.07) is 8.80. The van der Waals surface area contributed by atoms with Crippen LogP contribution in [0.4, 0.5) is 0 Å². The summed E-state index contributed by atoms with van der Waals surface area (Å²) in [6.07, 6.45) is 4.74. The molecule has 1 aromatic carbocycles. The first kappa shape index (κ1) is 22.8. The summed E-state index contributed by atoms with van der Waals surface area (Å²) >= 11 is 0. The molecule has 5 atom stereocenters. The Labute approximate surface area is 198 Å². The fourth-order valence-corrected chi connectivity index (χ4v) is 4.83. The van der Waals surface area contributed by atoms with Crippen LogP contribution in [0.3, 0.4) is 0 Å². The standard InChI is InChI=1S/C25H30N4O5/c30-21-4-2-18-7-10-33-22-11-16(15-5-8-26-9-6-15)1-3-19(22)24(31)29-17-12-20(27-13-17)25(32)28-14-23(21)34-18/h1,3,5-6,8-9,11,17-18,20-21,23,27,30H,2,4,7,10,12-14H2,(H,28,32)(H,29,31)/t17-,18-,20-,21-,23+/m0/s1. The zero-order chi connectivity index (χ0) is 23.5. The molecule has 4 bridgehead atoms. The molecular formula is C25H30N4O5. The molecule has 34 heavy (non-hydrogen) atoms. The first-order valence-corrected chi connectivity index (χ1v) is 11.9. The van der Waals surface area contributed by atoms with Gasteiger partial charge in [-0.05, 0) is 54.7 Å². The van der Waals surface area contributed by atoms with Crippen LogP contribution in [0.15, 0.2) is 42.7 Å². The minimum Gasteiger partial charge on any atom is -0.493 e. The lowest BCUT2D eigenvalue weighted by molar-refractivity contribution is -0.131. The Morgan fingerprint density at radius 3 is 2.71 bits per heavy atom. The maximum absolute atomic E-state index is 13.1. The van der Waals surface area contributed by atoms with E-state index in [4.69, 9.17) is 9.47 Å². The molecule has 4 heterocycles. The number of rotatable bonds is 1. The second-order valence-corrected chi connectivity index (χ2v) is 9.14. The molecule has 4 N–H and O–H groups in total. The van der Waals surface area contributed by atoms with E-state index in [1.165, 1.54) is 0 Å². The molecule has 9 nitrogen and oxygen atoms in total. The van der Waals surface area contributed by atoms with Gasteiger partial charge in [0.15, 0.2) is 0 Å². The Balaban J connectivity index is 1.41. The lowest BCUT2D eigenvalue weighted by Crippen LogP contribution is -2.49. The molecule has 1 aromatic heterocycles. The van der Waals surface area contributed by atoms with Gasteiger partial charge < -0.3 is 30.5 Å². The predicted molar refractivity (Wildman–Crippen MR) is 124 cm³/mol. The van der Waals surface area contributed by atoms with Crippen LogP contribution in [-0.2, 0) is 9.53 Å². The highest BCUT2D eigenvalue weighted by Crippen LogP contribution is 2.29. The lowest BCUT2D eigenvalue weighted by atomic mass is 9.99. The molecule has 0 unspecified atom stereocenters. The number of benzene rings is 1. The number of aliphatic hydroxyl groups is 1. The fraction of sp³-hybridized carbons (Fsp3) is 0.480. The SMILES string of the molecule is O=C1N[C@@H]2CN[C@@H](C2)C(=O)NC[C@H]2O[C@H](CCOc3cc(-c4ccncc4)ccc31)CC[C@@H]2O. The number of fused-ring (bicyclic) bond motifs is 5. The monoisotopic (exact) mass is 466 g/mol. The molecule has 180 valence electrons. The first-order chi connectivity index (χ1) is 16.6. The molecule has 0 radical (unpaired) electrons. The Morgan fingerprint density at radius 2 is 1.85 bits per heavy atom. The molecule has 2 aromatic rings. The average Bonchev–Trinajstić information content (AvgIpc) is 3.32. The maximum Gasteiger partial charge on any atom is 0.255 e. The molecule has 5 rings (SSSR count). The lowest BCUT2D eigenvalue weighted by Gasteiger charge is -2.34. The van der Waals surface area contributed by atoms with Gasteiger partial charge in [0, 0.05) is 37.9 Å². The van der Waals surface area contributed by atoms with Crippen molar-refractivity contribution in [3.05, 3.63) is 48.3 Å². The van der Waals surface area contributed by atoms with Crippen LogP contribution < -0.4 is 20.7 Å². The molecular weight excluding hydrogens is 436 g/mol. The molecule has 0 spiro atoms. The highest BCUT2D eigenvalue weighted by atomic mass is 16.5. The molecule has 2 fully saturated rings. The molecule has 9 heteroatoms. The number of hydrogen-bond acceptors (Lipinski definition) is 7. The summed E-state index contributed by atoms with van der Waals surface area (Å²) in [5, 5.41) is 19.5. The molecule has 3 aliphatic rings. The number of pyridine rings is 1. The van der Waals surface area contributed by atoms with Crippen molar-refractivity contribution in [3.63, 3.8) is 0 Å². The van der Waals surface area contributed by atoms with Crippen molar-refractivity contribution in [1.29, 1.82) is 0 Å². The summed E-state index contributed by atoms with van der Waals surface area (Å²) < 4.78 is 12.2. The number of amides is 2. The maximum atomic E-state index is 13.1. The largest absolute Gasteiger partial charge is 0.493 e. The summed E-state index contributed by atoms with van der Waals surface area (Å²) in [5.41, 5.74) is 2.37. The van der Waals surface area contributed by atoms with Crippen LogP contribution >= 0.6 is 0 Å². The Bertz CT molecular complexity index is 1030. The van der Waals surface area contributed by atoms with Crippen molar-refractivity contribution in [2.45, 2.75) is 56.1 Å². The van der Waals surface area contributed by atoms with Gasteiger partial charge in [0.2, 0.25) is 5.91 Å². The second-order valence-electron chi connectivity index (χ2n) is 9.14. The number of ether oxygens (including phenoxy) is 2. The smallest absolute Gasteiger partial charge is 0.255 e. The van der Waals surface area contributed by atoms with E-state index in [9.17, 15) is 14.7 Å². The minimum atomic E-state index is -0.608. The number of nitrogens with one attached hydrogen (secondary N) is 3. The Hall–Kier alpha value is -3.01. The Kier molecular flexibility index (Phi) is 6.75. The van der Waals surface area contributed by atoms with Gasteiger partial charge >= 0.3 is 0 Å². The van der Waals surface area contributed by atoms with E-state index in [-0.39, 0.29) is 30.5 Å². The minimum absolute atomic E-state index is 0.0900. The van der Waals surface area contributed by atoms with E-state index in [2.05, 4.69) is 20.9 Å². The third-order valence-corrected chi connectivity index (χ3v) is 6.78. The molecule has 2 amide bonds. The van der Waals surface area contributed by atoms with E-state index >= 15 is 0 Å². The van der Waals surface area contributed by atoms with Crippen LogP contribution in [0.1, 0.15) is 36.0 Å². The molecule has 3 aliphatic heterocycles. The van der Waals surface area contributed by atoms with E-state index in [1.54, 1.807) is 18.5 Å². The number of carbonyl (C=O) groups excluding carboxylic acids is 2. The number of carbonyl (C=O) groups is 2. The van der Waals surface area contributed by atoms with Crippen molar-refractivity contribution in [3.8, 4) is 16.9 Å². The van der Waals surface area contributed by atoms with E-state index in [0.29, 0.717) is 50.1 Å². The summed E-state index contributed by atoms with van der Waals surface area (Å²) in [6.45, 7) is 1.12. The third-order valence-electron chi connectivity index (χ3n) is 6.78. The number of nitrogens with zero attached hydrogens (tertiary/aromatic N) is 1. The topological polar surface area (TPSA) is 122 Å². The van der Waals surface area contributed by atoms with Crippen LogP contribution in [0.25, 0.3) is 11.1 Å². The van der Waals surface area contributed by atoms with E-state index in [0.717, 1.165) is 11.1 Å². The van der Waals surface area contributed by atoms with Gasteiger partial charge in [-0.25, -0.2) is 0 Å². The average molecular weight is 467 g/mol. The van der Waals surface area contributed by atoms with Crippen LogP contribution in [0.5, 0.6) is 5.75 Å². The predicted octanol–water partition coefficient (Wildman–Crippen LogP) is 1.02. The summed E-state index contributed by atoms with van der Waals surface area (Å²) in [7, 11) is 0. The normalized spacial score (nSPS) is 30.0. The van der Waals surface area contributed by atoms with Gasteiger partial charge in [0.1, 0.15) is 11.9 Å². The molecule has 2 saturated heterocycles. The summed E-state index contributed by atoms with van der Waals surface area (Å²) in [5.74, 6) is 0.132. The third kappa shape index (κ3) is 5.06. The van der Waals surface area contributed by atoms with Crippen LogP contribution in [-0.4, -0.2) is 72.0 Å². The Morgan fingerprint density at radius 1 is 1.00 bits per heavy atom. The second kappa shape index (κ2) is 10.1. The van der Waals surface area contributed by atoms with E-state index < -0.39 is 18.2 Å². The highest BCUT2D eigenvalue weighted by molar-refractivity contribution is 5.98. The van der Waals surface area contributed by atoms with Gasteiger partial charge in [-0.1, -0.05) is 6.07 Å². The zero-order valence-electron chi connectivity index (χ0n) is 18.9.